The fourth-order valence-electron chi connectivity index (χ4n) is 2.64. The third kappa shape index (κ3) is 4.71. The number of para-hydroxylation sites is 1. The van der Waals surface area contributed by atoms with Gasteiger partial charge >= 0.3 is 0 Å². The van der Waals surface area contributed by atoms with Crippen molar-refractivity contribution >= 4 is 17.5 Å². The van der Waals surface area contributed by atoms with Crippen LogP contribution >= 0.6 is 11.8 Å². The van der Waals surface area contributed by atoms with Gasteiger partial charge in [-0.2, -0.15) is 0 Å². The number of nitrogens with zero attached hydrogens (tertiary/aromatic N) is 5. The Kier molecular flexibility index (Phi) is 6.54. The summed E-state index contributed by atoms with van der Waals surface area (Å²) in [6, 6.07) is 7.64. The molecule has 0 N–H and O–H groups in total. The number of Topliss-reactive ketones (excluding diaryl/α,β-unsaturated/α-hetero) is 1. The summed E-state index contributed by atoms with van der Waals surface area (Å²) in [6.07, 6.45) is 5.22. The average molecular weight is 383 g/mol. The van der Waals surface area contributed by atoms with Crippen molar-refractivity contribution in [1.82, 2.24) is 24.7 Å². The number of hydrogen-bond donors (Lipinski definition) is 0. The summed E-state index contributed by atoms with van der Waals surface area (Å²) < 4.78 is 7.53. The van der Waals surface area contributed by atoms with E-state index in [4.69, 9.17) is 4.74 Å². The number of hydrogen-bond acceptors (Lipinski definition) is 7. The molecular weight excluding hydrogens is 362 g/mol. The molecule has 0 fully saturated rings. The van der Waals surface area contributed by atoms with Gasteiger partial charge in [0.05, 0.1) is 18.6 Å². The van der Waals surface area contributed by atoms with Crippen molar-refractivity contribution in [3.63, 3.8) is 0 Å². The van der Waals surface area contributed by atoms with Gasteiger partial charge in [0, 0.05) is 30.9 Å². The van der Waals surface area contributed by atoms with Crippen LogP contribution in [0, 0.1) is 0 Å². The van der Waals surface area contributed by atoms with Crippen LogP contribution in [0.25, 0.3) is 11.5 Å². The maximum absolute atomic E-state index is 12.5. The van der Waals surface area contributed by atoms with Crippen molar-refractivity contribution in [1.29, 1.82) is 0 Å². The summed E-state index contributed by atoms with van der Waals surface area (Å²) in [7, 11) is 0. The van der Waals surface area contributed by atoms with Crippen LogP contribution in [-0.4, -0.2) is 42.9 Å². The molecule has 0 aliphatic heterocycles. The van der Waals surface area contributed by atoms with Gasteiger partial charge in [0.2, 0.25) is 0 Å². The second kappa shape index (κ2) is 9.27. The van der Waals surface area contributed by atoms with Crippen LogP contribution < -0.4 is 4.74 Å². The maximum atomic E-state index is 12.5. The smallest absolute Gasteiger partial charge is 0.191 e. The first-order valence-corrected chi connectivity index (χ1v) is 9.76. The van der Waals surface area contributed by atoms with Gasteiger partial charge in [0.25, 0.3) is 0 Å². The Labute approximate surface area is 162 Å². The van der Waals surface area contributed by atoms with E-state index in [1.165, 1.54) is 11.8 Å². The lowest BCUT2D eigenvalue weighted by atomic mass is 10.1. The summed E-state index contributed by atoms with van der Waals surface area (Å²) in [5.41, 5.74) is 1.57. The van der Waals surface area contributed by atoms with Gasteiger partial charge in [0.15, 0.2) is 11.0 Å². The van der Waals surface area contributed by atoms with Crippen molar-refractivity contribution in [2.24, 2.45) is 0 Å². The second-order valence-corrected chi connectivity index (χ2v) is 6.63. The number of aromatic nitrogens is 5. The highest BCUT2D eigenvalue weighted by molar-refractivity contribution is 7.99. The van der Waals surface area contributed by atoms with Crippen molar-refractivity contribution in [3.8, 4) is 17.3 Å². The fourth-order valence-corrected chi connectivity index (χ4v) is 3.50. The molecule has 0 bridgehead atoms. The Morgan fingerprint density at radius 3 is 2.78 bits per heavy atom. The van der Waals surface area contributed by atoms with Gasteiger partial charge in [-0.1, -0.05) is 30.0 Å². The minimum atomic E-state index is 0.110. The third-order valence-corrected chi connectivity index (χ3v) is 4.87. The SMILES string of the molecule is CCOc1ccccc1CC(=O)CSc1nnc(-c2cnccn2)n1CC. The van der Waals surface area contributed by atoms with Crippen molar-refractivity contribution in [3.05, 3.63) is 48.4 Å². The van der Waals surface area contributed by atoms with Gasteiger partial charge in [-0.05, 0) is 19.9 Å². The molecule has 7 nitrogen and oxygen atoms in total. The zero-order chi connectivity index (χ0) is 19.1. The summed E-state index contributed by atoms with van der Waals surface area (Å²) in [6.45, 7) is 5.20. The number of ether oxygens (including phenoxy) is 1. The molecule has 8 heteroatoms. The summed E-state index contributed by atoms with van der Waals surface area (Å²) in [5, 5.41) is 9.14. The zero-order valence-corrected chi connectivity index (χ0v) is 16.1. The van der Waals surface area contributed by atoms with E-state index in [1.54, 1.807) is 18.6 Å². The Hall–Kier alpha value is -2.74. The van der Waals surface area contributed by atoms with E-state index < -0.39 is 0 Å². The van der Waals surface area contributed by atoms with Crippen LogP contribution in [0.4, 0.5) is 0 Å². The predicted octanol–water partition coefficient (Wildman–Crippen LogP) is 3.06. The van der Waals surface area contributed by atoms with Crippen molar-refractivity contribution in [2.45, 2.75) is 32.0 Å². The Balaban J connectivity index is 1.67. The highest BCUT2D eigenvalue weighted by Crippen LogP contribution is 2.24. The second-order valence-electron chi connectivity index (χ2n) is 5.69. The lowest BCUT2D eigenvalue weighted by Crippen LogP contribution is -2.09. The Bertz CT molecular complexity index is 898. The van der Waals surface area contributed by atoms with E-state index in [0.717, 1.165) is 11.3 Å². The first kappa shape index (κ1) is 19.0. The molecule has 140 valence electrons. The quantitative estimate of drug-likeness (QED) is 0.525. The highest BCUT2D eigenvalue weighted by atomic mass is 32.2. The topological polar surface area (TPSA) is 82.8 Å². The largest absolute Gasteiger partial charge is 0.494 e. The highest BCUT2D eigenvalue weighted by Gasteiger charge is 2.16. The van der Waals surface area contributed by atoms with Crippen molar-refractivity contribution in [2.75, 3.05) is 12.4 Å². The molecule has 0 saturated carbocycles. The molecule has 3 aromatic rings. The van der Waals surface area contributed by atoms with Gasteiger partial charge in [-0.15, -0.1) is 10.2 Å². The summed E-state index contributed by atoms with van der Waals surface area (Å²) >= 11 is 1.38. The average Bonchev–Trinajstić information content (AvgIpc) is 3.12. The lowest BCUT2D eigenvalue weighted by molar-refractivity contribution is -0.116. The normalized spacial score (nSPS) is 10.7. The molecule has 2 aromatic heterocycles. The van der Waals surface area contributed by atoms with Crippen LogP contribution in [0.1, 0.15) is 19.4 Å². The lowest BCUT2D eigenvalue weighted by Gasteiger charge is -2.09. The molecule has 0 aliphatic rings. The van der Waals surface area contributed by atoms with E-state index in [9.17, 15) is 4.79 Å². The Morgan fingerprint density at radius 2 is 2.04 bits per heavy atom. The molecule has 27 heavy (non-hydrogen) atoms. The number of ketones is 1. The third-order valence-electron chi connectivity index (χ3n) is 3.85. The number of thioether (sulfide) groups is 1. The summed E-state index contributed by atoms with van der Waals surface area (Å²) in [5.74, 6) is 1.85. The fraction of sp³-hybridized carbons (Fsp3) is 0.316. The van der Waals surface area contributed by atoms with Gasteiger partial charge < -0.3 is 9.30 Å². The number of benzene rings is 1. The maximum Gasteiger partial charge on any atom is 0.191 e. The van der Waals surface area contributed by atoms with Crippen LogP contribution in [0.5, 0.6) is 5.75 Å². The van der Waals surface area contributed by atoms with Gasteiger partial charge in [-0.3, -0.25) is 9.78 Å². The Morgan fingerprint density at radius 1 is 1.19 bits per heavy atom. The minimum absolute atomic E-state index is 0.110. The molecule has 0 atom stereocenters. The summed E-state index contributed by atoms with van der Waals surface area (Å²) in [4.78, 5) is 20.8. The molecule has 0 amide bonds. The molecule has 0 saturated heterocycles. The number of carbonyl (C=O) groups is 1. The first-order valence-electron chi connectivity index (χ1n) is 8.77. The molecular formula is C19H21N5O2S. The van der Waals surface area contributed by atoms with E-state index >= 15 is 0 Å². The zero-order valence-electron chi connectivity index (χ0n) is 15.3. The number of rotatable bonds is 9. The molecule has 0 spiro atoms. The molecule has 1 aromatic carbocycles. The van der Waals surface area contributed by atoms with Gasteiger partial charge in [0.1, 0.15) is 17.2 Å². The van der Waals surface area contributed by atoms with Crippen LogP contribution in [-0.2, 0) is 17.8 Å². The van der Waals surface area contributed by atoms with Crippen molar-refractivity contribution < 1.29 is 9.53 Å². The van der Waals surface area contributed by atoms with Crippen LogP contribution in [0.3, 0.4) is 0 Å². The first-order chi connectivity index (χ1) is 13.2. The standard InChI is InChI=1S/C19H21N5O2S/c1-3-24-18(16-12-20-9-10-21-16)22-23-19(24)27-13-15(25)11-14-7-5-6-8-17(14)26-4-2/h5-10,12H,3-4,11,13H2,1-2H3. The van der Waals surface area contributed by atoms with E-state index in [1.807, 2.05) is 42.7 Å². The van der Waals surface area contributed by atoms with Crippen LogP contribution in [0.2, 0.25) is 0 Å². The monoisotopic (exact) mass is 383 g/mol. The van der Waals surface area contributed by atoms with Gasteiger partial charge in [-0.25, -0.2) is 4.98 Å². The number of carbonyl (C=O) groups excluding carboxylic acids is 1. The van der Waals surface area contributed by atoms with E-state index in [0.29, 0.717) is 42.0 Å². The van der Waals surface area contributed by atoms with Crippen LogP contribution in [0.15, 0.2) is 48.0 Å². The molecule has 3 rings (SSSR count). The minimum Gasteiger partial charge on any atom is -0.494 e. The molecule has 0 aliphatic carbocycles. The predicted molar refractivity (Wildman–Crippen MR) is 104 cm³/mol. The van der Waals surface area contributed by atoms with E-state index in [2.05, 4.69) is 20.2 Å². The molecule has 0 radical (unpaired) electrons. The molecule has 2 heterocycles. The van der Waals surface area contributed by atoms with E-state index in [-0.39, 0.29) is 5.78 Å². The molecule has 0 unspecified atom stereocenters.